The fourth-order valence-electron chi connectivity index (χ4n) is 2.19. The molecule has 0 aliphatic carbocycles. The van der Waals surface area contributed by atoms with Gasteiger partial charge in [-0.3, -0.25) is 4.79 Å². The van der Waals surface area contributed by atoms with E-state index in [2.05, 4.69) is 15.3 Å². The number of hydrogen-bond donors (Lipinski definition) is 0. The molecule has 2 aromatic heterocycles. The Bertz CT molecular complexity index is 660. The highest BCUT2D eigenvalue weighted by atomic mass is 32.1. The van der Waals surface area contributed by atoms with Crippen LogP contribution in [-0.2, 0) is 16.0 Å². The van der Waals surface area contributed by atoms with Crippen LogP contribution in [0.4, 0.5) is 13.2 Å². The number of ketones is 1. The van der Waals surface area contributed by atoms with Gasteiger partial charge in [0.15, 0.2) is 5.82 Å². The fraction of sp³-hybridized carbons (Fsp3) is 0.636. The molecular formula is C11H11F3N4O2S. The minimum atomic E-state index is -4.84. The molecule has 0 amide bonds. The van der Waals surface area contributed by atoms with Crippen molar-refractivity contribution in [1.29, 1.82) is 0 Å². The van der Waals surface area contributed by atoms with Crippen LogP contribution < -0.4 is 0 Å². The summed E-state index contributed by atoms with van der Waals surface area (Å²) in [4.78, 5) is 11.4. The zero-order valence-electron chi connectivity index (χ0n) is 10.8. The maximum absolute atomic E-state index is 12.3. The number of fused-ring (bicyclic) bond motifs is 1. The van der Waals surface area contributed by atoms with Gasteiger partial charge < -0.3 is 4.74 Å². The summed E-state index contributed by atoms with van der Waals surface area (Å²) in [5.74, 6) is -1.06. The number of aromatic nitrogens is 4. The molecule has 2 aromatic rings. The van der Waals surface area contributed by atoms with Gasteiger partial charge in [0.25, 0.3) is 0 Å². The molecule has 0 aromatic carbocycles. The zero-order valence-corrected chi connectivity index (χ0v) is 11.6. The first-order valence-corrected chi connectivity index (χ1v) is 7.15. The van der Waals surface area contributed by atoms with Crippen molar-refractivity contribution in [1.82, 2.24) is 19.8 Å². The Morgan fingerprint density at radius 1 is 1.33 bits per heavy atom. The van der Waals surface area contributed by atoms with Crippen molar-refractivity contribution in [3.05, 3.63) is 10.8 Å². The number of ether oxygens (including phenoxy) is 1. The lowest BCUT2D eigenvalue weighted by atomic mass is 10.00. The molecule has 10 heteroatoms. The first kappa shape index (κ1) is 14.4. The normalized spacial score (nSPS) is 17.5. The highest BCUT2D eigenvalue weighted by Gasteiger charge is 2.38. The molecule has 1 fully saturated rings. The van der Waals surface area contributed by atoms with E-state index in [0.717, 1.165) is 24.2 Å². The molecule has 0 saturated carbocycles. The molecule has 0 unspecified atom stereocenters. The van der Waals surface area contributed by atoms with E-state index in [1.54, 1.807) is 0 Å². The lowest BCUT2D eigenvalue weighted by Gasteiger charge is -2.19. The lowest BCUT2D eigenvalue weighted by molar-refractivity contribution is -0.170. The van der Waals surface area contributed by atoms with E-state index >= 15 is 0 Å². The van der Waals surface area contributed by atoms with Crippen LogP contribution in [0.2, 0.25) is 0 Å². The van der Waals surface area contributed by atoms with Crippen molar-refractivity contribution in [2.45, 2.75) is 31.4 Å². The van der Waals surface area contributed by atoms with E-state index in [-0.39, 0.29) is 10.9 Å². The number of Topliss-reactive ketones (excluding diaryl/α,β-unsaturated/α-hetero) is 1. The quantitative estimate of drug-likeness (QED) is 0.862. The number of nitrogens with zero attached hydrogens (tertiary/aromatic N) is 4. The summed E-state index contributed by atoms with van der Waals surface area (Å²) in [6.45, 7) is 1.23. The molecule has 1 aliphatic rings. The second kappa shape index (κ2) is 5.34. The van der Waals surface area contributed by atoms with E-state index in [4.69, 9.17) is 4.74 Å². The molecule has 0 N–H and O–H groups in total. The van der Waals surface area contributed by atoms with Gasteiger partial charge in [-0.2, -0.15) is 22.8 Å². The molecule has 0 spiro atoms. The van der Waals surface area contributed by atoms with Crippen LogP contribution in [0, 0.1) is 0 Å². The standard InChI is InChI=1S/C11H11F3N4O2S/c12-11(13,14)7(19)5-8-17-18-9(15-16-10(18)21-8)6-1-3-20-4-2-6/h6H,1-5H2. The van der Waals surface area contributed by atoms with Crippen molar-refractivity contribution < 1.29 is 22.7 Å². The van der Waals surface area contributed by atoms with Crippen LogP contribution in [0.25, 0.3) is 4.96 Å². The van der Waals surface area contributed by atoms with Crippen LogP contribution in [-0.4, -0.2) is 45.0 Å². The van der Waals surface area contributed by atoms with Crippen LogP contribution in [0.15, 0.2) is 0 Å². The molecule has 0 atom stereocenters. The van der Waals surface area contributed by atoms with Crippen LogP contribution in [0.3, 0.4) is 0 Å². The molecule has 0 bridgehead atoms. The van der Waals surface area contributed by atoms with Crippen molar-refractivity contribution >= 4 is 22.1 Å². The van der Waals surface area contributed by atoms with Crippen LogP contribution in [0.1, 0.15) is 29.6 Å². The highest BCUT2D eigenvalue weighted by molar-refractivity contribution is 7.16. The second-order valence-electron chi connectivity index (χ2n) is 4.73. The Labute approximate surface area is 120 Å². The maximum Gasteiger partial charge on any atom is 0.450 e. The number of halogens is 3. The van der Waals surface area contributed by atoms with Gasteiger partial charge >= 0.3 is 6.18 Å². The van der Waals surface area contributed by atoms with Crippen molar-refractivity contribution in [2.75, 3.05) is 13.2 Å². The first-order valence-electron chi connectivity index (χ1n) is 6.34. The molecule has 114 valence electrons. The van der Waals surface area contributed by atoms with Gasteiger partial charge in [0.2, 0.25) is 10.7 Å². The van der Waals surface area contributed by atoms with Gasteiger partial charge in [0.1, 0.15) is 5.01 Å². The van der Waals surface area contributed by atoms with Gasteiger partial charge in [0, 0.05) is 19.1 Å². The summed E-state index contributed by atoms with van der Waals surface area (Å²) >= 11 is 0.953. The number of carbonyl (C=O) groups excluding carboxylic acids is 1. The van der Waals surface area contributed by atoms with Crippen molar-refractivity contribution in [3.63, 3.8) is 0 Å². The smallest absolute Gasteiger partial charge is 0.381 e. The van der Waals surface area contributed by atoms with Gasteiger partial charge in [0.05, 0.1) is 6.42 Å². The number of rotatable bonds is 3. The lowest BCUT2D eigenvalue weighted by Crippen LogP contribution is -2.24. The summed E-state index contributed by atoms with van der Waals surface area (Å²) in [5, 5.41) is 12.1. The Kier molecular flexibility index (Phi) is 3.66. The SMILES string of the molecule is O=C(Cc1nn2c(C3CCOCC3)nnc2s1)C(F)(F)F. The second-order valence-corrected chi connectivity index (χ2v) is 5.77. The summed E-state index contributed by atoms with van der Waals surface area (Å²) in [7, 11) is 0. The molecule has 3 heterocycles. The third kappa shape index (κ3) is 2.91. The van der Waals surface area contributed by atoms with E-state index in [9.17, 15) is 18.0 Å². The summed E-state index contributed by atoms with van der Waals surface area (Å²) in [5.41, 5.74) is 0. The highest BCUT2D eigenvalue weighted by Crippen LogP contribution is 2.27. The third-order valence-corrected chi connectivity index (χ3v) is 4.17. The first-order chi connectivity index (χ1) is 9.95. The topological polar surface area (TPSA) is 69.4 Å². The zero-order chi connectivity index (χ0) is 15.0. The average Bonchev–Trinajstić information content (AvgIpc) is 2.98. The van der Waals surface area contributed by atoms with Crippen molar-refractivity contribution in [3.8, 4) is 0 Å². The van der Waals surface area contributed by atoms with Gasteiger partial charge in [-0.05, 0) is 12.8 Å². The number of carbonyl (C=O) groups is 1. The van der Waals surface area contributed by atoms with E-state index in [0.29, 0.717) is 24.0 Å². The Morgan fingerprint density at radius 2 is 2.05 bits per heavy atom. The van der Waals surface area contributed by atoms with E-state index in [1.807, 2.05) is 0 Å². The summed E-state index contributed by atoms with van der Waals surface area (Å²) in [6.07, 6.45) is -4.05. The van der Waals surface area contributed by atoms with E-state index < -0.39 is 18.4 Å². The van der Waals surface area contributed by atoms with Gasteiger partial charge in [-0.1, -0.05) is 11.3 Å². The summed E-state index contributed by atoms with van der Waals surface area (Å²) < 4.78 is 43.5. The predicted molar refractivity (Wildman–Crippen MR) is 66.2 cm³/mol. The van der Waals surface area contributed by atoms with Gasteiger partial charge in [-0.15, -0.1) is 10.2 Å². The average molecular weight is 320 g/mol. The van der Waals surface area contributed by atoms with Crippen LogP contribution in [0.5, 0.6) is 0 Å². The van der Waals surface area contributed by atoms with Crippen LogP contribution >= 0.6 is 11.3 Å². The molecule has 1 aliphatic heterocycles. The molecular weight excluding hydrogens is 309 g/mol. The Hall–Kier alpha value is -1.55. The minimum Gasteiger partial charge on any atom is -0.381 e. The fourth-order valence-corrected chi connectivity index (χ4v) is 3.03. The Balaban J connectivity index is 1.84. The molecule has 3 rings (SSSR count). The Morgan fingerprint density at radius 3 is 2.71 bits per heavy atom. The number of hydrogen-bond acceptors (Lipinski definition) is 6. The monoisotopic (exact) mass is 320 g/mol. The molecule has 21 heavy (non-hydrogen) atoms. The van der Waals surface area contributed by atoms with E-state index in [1.165, 1.54) is 4.52 Å². The largest absolute Gasteiger partial charge is 0.450 e. The maximum atomic E-state index is 12.3. The summed E-state index contributed by atoms with van der Waals surface area (Å²) in [6, 6.07) is 0. The number of alkyl halides is 3. The molecule has 1 saturated heterocycles. The molecule has 6 nitrogen and oxygen atoms in total. The predicted octanol–water partition coefficient (Wildman–Crippen LogP) is 1.75. The molecule has 0 radical (unpaired) electrons. The third-order valence-electron chi connectivity index (χ3n) is 3.27. The van der Waals surface area contributed by atoms with Crippen molar-refractivity contribution in [2.24, 2.45) is 0 Å². The van der Waals surface area contributed by atoms with Gasteiger partial charge in [-0.25, -0.2) is 0 Å². The minimum absolute atomic E-state index is 0.0931.